The molecule has 1 N–H and O–H groups in total. The topological polar surface area (TPSA) is 104 Å². The maximum Gasteiger partial charge on any atom is 0.428 e. The van der Waals surface area contributed by atoms with E-state index >= 15 is 0 Å². The highest BCUT2D eigenvalue weighted by molar-refractivity contribution is 7.20. The number of nitrogens with zero attached hydrogens (tertiary/aromatic N) is 3. The fourth-order valence-corrected chi connectivity index (χ4v) is 3.87. The van der Waals surface area contributed by atoms with Crippen molar-refractivity contribution in [3.05, 3.63) is 31.3 Å². The molecule has 0 radical (unpaired) electrons. The molecule has 31 heavy (non-hydrogen) atoms. The fraction of sp³-hybridized carbons (Fsp3) is 0.556. The molecule has 0 saturated heterocycles. The summed E-state index contributed by atoms with van der Waals surface area (Å²) in [5.41, 5.74) is -0.344. The summed E-state index contributed by atoms with van der Waals surface area (Å²) < 4.78 is 50.1. The minimum absolute atomic E-state index is 0.0244. The van der Waals surface area contributed by atoms with Crippen molar-refractivity contribution in [1.29, 1.82) is 0 Å². The van der Waals surface area contributed by atoms with Gasteiger partial charge in [-0.1, -0.05) is 0 Å². The van der Waals surface area contributed by atoms with Crippen molar-refractivity contribution in [2.45, 2.75) is 52.6 Å². The lowest BCUT2D eigenvalue weighted by Crippen LogP contribution is -2.43. The first-order valence-corrected chi connectivity index (χ1v) is 9.91. The Morgan fingerprint density at radius 2 is 1.87 bits per heavy atom. The molecule has 0 aromatic carbocycles. The summed E-state index contributed by atoms with van der Waals surface area (Å²) in [5.74, 6) is 0. The number of halogens is 3. The molecule has 9 nitrogen and oxygen atoms in total. The summed E-state index contributed by atoms with van der Waals surface area (Å²) >= 11 is 0.992. The molecule has 0 bridgehead atoms. The highest BCUT2D eigenvalue weighted by Crippen LogP contribution is 2.27. The number of ether oxygens (including phenoxy) is 2. The predicted octanol–water partition coefficient (Wildman–Crippen LogP) is 2.60. The highest BCUT2D eigenvalue weighted by atomic mass is 32.1. The molecular formula is C18H23F3N4O5S. The van der Waals surface area contributed by atoms with Crippen LogP contribution in [0, 0.1) is 6.92 Å². The molecule has 13 heteroatoms. The van der Waals surface area contributed by atoms with Crippen LogP contribution in [0.1, 0.15) is 31.2 Å². The zero-order chi connectivity index (χ0) is 23.6. The number of carbonyl (C=O) groups excluding carboxylic acids is 1. The first-order chi connectivity index (χ1) is 14.2. The van der Waals surface area contributed by atoms with E-state index < -0.39 is 35.7 Å². The Labute approximate surface area is 179 Å². The van der Waals surface area contributed by atoms with Crippen molar-refractivity contribution in [3.63, 3.8) is 0 Å². The summed E-state index contributed by atoms with van der Waals surface area (Å²) in [6.07, 6.45) is -4.31. The van der Waals surface area contributed by atoms with Gasteiger partial charge in [0, 0.05) is 7.11 Å². The molecule has 0 atom stereocenters. The third-order valence-corrected chi connectivity index (χ3v) is 5.17. The van der Waals surface area contributed by atoms with E-state index in [1.54, 1.807) is 20.8 Å². The Balaban J connectivity index is 2.55. The Morgan fingerprint density at radius 1 is 1.23 bits per heavy atom. The van der Waals surface area contributed by atoms with Gasteiger partial charge >= 0.3 is 18.0 Å². The minimum Gasteiger partial charge on any atom is -0.443 e. The van der Waals surface area contributed by atoms with Gasteiger partial charge in [-0.05, 0) is 33.3 Å². The highest BCUT2D eigenvalue weighted by Gasteiger charge is 2.31. The van der Waals surface area contributed by atoms with Gasteiger partial charge in [0.2, 0.25) is 0 Å². The zero-order valence-electron chi connectivity index (χ0n) is 17.6. The number of fused-ring (bicyclic) bond motifs is 1. The van der Waals surface area contributed by atoms with Crippen LogP contribution in [0.15, 0.2) is 14.7 Å². The molecular weight excluding hydrogens is 441 g/mol. The second-order valence-electron chi connectivity index (χ2n) is 7.58. The third kappa shape index (κ3) is 6.17. The van der Waals surface area contributed by atoms with Crippen molar-refractivity contribution < 1.29 is 27.4 Å². The molecule has 2 heterocycles. The van der Waals surface area contributed by atoms with E-state index in [0.29, 0.717) is 10.4 Å². The number of thiophene rings is 1. The number of aromatic nitrogens is 2. The Morgan fingerprint density at radius 3 is 2.42 bits per heavy atom. The van der Waals surface area contributed by atoms with E-state index in [4.69, 9.17) is 9.47 Å². The third-order valence-electron chi connectivity index (χ3n) is 3.92. The van der Waals surface area contributed by atoms with Crippen LogP contribution in [0.4, 0.5) is 18.0 Å². The lowest BCUT2D eigenvalue weighted by Gasteiger charge is -2.18. The summed E-state index contributed by atoms with van der Waals surface area (Å²) in [4.78, 5) is 37.6. The van der Waals surface area contributed by atoms with Gasteiger partial charge in [0.15, 0.2) is 0 Å². The number of methoxy groups -OCH3 is 1. The molecule has 0 saturated carbocycles. The Hall–Kier alpha value is -2.67. The van der Waals surface area contributed by atoms with Gasteiger partial charge in [0.1, 0.15) is 17.0 Å². The molecule has 0 aliphatic carbocycles. The van der Waals surface area contributed by atoms with E-state index in [2.05, 4.69) is 10.5 Å². The number of hydrogen-bond acceptors (Lipinski definition) is 7. The van der Waals surface area contributed by atoms with Crippen LogP contribution in [-0.4, -0.2) is 46.9 Å². The summed E-state index contributed by atoms with van der Waals surface area (Å²) in [5, 5.41) is 3.74. The Bertz CT molecular complexity index is 1110. The van der Waals surface area contributed by atoms with Crippen molar-refractivity contribution in [3.8, 4) is 0 Å². The number of rotatable bonds is 6. The maximum atomic E-state index is 12.9. The molecule has 2 aromatic rings. The molecule has 2 aromatic heterocycles. The first-order valence-electron chi connectivity index (χ1n) is 9.09. The van der Waals surface area contributed by atoms with Crippen LogP contribution in [0.2, 0.25) is 0 Å². The SMILES string of the molecule is COCCn1c(=O)n(CC(F)(F)F)c(=O)c2c(C)c(/C=N/NC(=O)OC(C)(C)C)sc21. The van der Waals surface area contributed by atoms with Gasteiger partial charge in [-0.2, -0.15) is 18.3 Å². The molecule has 0 aliphatic heterocycles. The number of aryl methyl sites for hydroxylation is 1. The van der Waals surface area contributed by atoms with Gasteiger partial charge in [-0.3, -0.25) is 13.9 Å². The molecule has 0 aliphatic rings. The molecule has 0 fully saturated rings. The smallest absolute Gasteiger partial charge is 0.428 e. The largest absolute Gasteiger partial charge is 0.443 e. The van der Waals surface area contributed by atoms with Crippen molar-refractivity contribution >= 4 is 33.9 Å². The van der Waals surface area contributed by atoms with Crippen LogP contribution in [0.25, 0.3) is 10.2 Å². The van der Waals surface area contributed by atoms with Crippen LogP contribution < -0.4 is 16.7 Å². The predicted molar refractivity (Wildman–Crippen MR) is 110 cm³/mol. The van der Waals surface area contributed by atoms with Gasteiger partial charge in [-0.15, -0.1) is 11.3 Å². The van der Waals surface area contributed by atoms with Crippen molar-refractivity contribution in [2.75, 3.05) is 13.7 Å². The fourth-order valence-electron chi connectivity index (χ4n) is 2.68. The number of hydrogen-bond donors (Lipinski definition) is 1. The minimum atomic E-state index is -4.75. The monoisotopic (exact) mass is 464 g/mol. The number of hydrazone groups is 1. The van der Waals surface area contributed by atoms with Gasteiger partial charge < -0.3 is 9.47 Å². The molecule has 172 valence electrons. The zero-order valence-corrected chi connectivity index (χ0v) is 18.4. The lowest BCUT2D eigenvalue weighted by molar-refractivity contribution is -0.141. The molecule has 1 amide bonds. The number of nitrogens with one attached hydrogen (secondary N) is 1. The Kier molecular flexibility index (Phi) is 7.32. The standard InChI is InChI=1S/C18H23F3N4O5S/c1-10-11(8-22-23-15(27)30-17(2,3)4)31-14-12(10)13(26)25(9-18(19,20)21)16(28)24(14)6-7-29-5/h8H,6-7,9H2,1-5H3,(H,23,27)/b22-8+. The number of amides is 1. The van der Waals surface area contributed by atoms with Gasteiger partial charge in [0.05, 0.1) is 29.6 Å². The van der Waals surface area contributed by atoms with Crippen molar-refractivity contribution in [2.24, 2.45) is 5.10 Å². The lowest BCUT2D eigenvalue weighted by atomic mass is 10.2. The second kappa shape index (κ2) is 9.22. The van der Waals surface area contributed by atoms with Crippen LogP contribution in [-0.2, 0) is 22.6 Å². The second-order valence-corrected chi connectivity index (χ2v) is 8.61. The van der Waals surface area contributed by atoms with Gasteiger partial charge in [-0.25, -0.2) is 15.0 Å². The summed E-state index contributed by atoms with van der Waals surface area (Å²) in [6.45, 7) is 4.87. The number of alkyl halides is 3. The van der Waals surface area contributed by atoms with Crippen LogP contribution in [0.3, 0.4) is 0 Å². The van der Waals surface area contributed by atoms with Gasteiger partial charge in [0.25, 0.3) is 5.56 Å². The van der Waals surface area contributed by atoms with E-state index in [1.165, 1.54) is 20.2 Å². The summed E-state index contributed by atoms with van der Waals surface area (Å²) in [6, 6.07) is 0. The number of carbonyl (C=O) groups is 1. The van der Waals surface area contributed by atoms with E-state index in [-0.39, 0.29) is 27.9 Å². The summed E-state index contributed by atoms with van der Waals surface area (Å²) in [7, 11) is 1.38. The first kappa shape index (κ1) is 24.6. The molecule has 0 unspecified atom stereocenters. The molecule has 0 spiro atoms. The van der Waals surface area contributed by atoms with Crippen LogP contribution >= 0.6 is 11.3 Å². The quantitative estimate of drug-likeness (QED) is 0.523. The molecule has 2 rings (SSSR count). The average molecular weight is 464 g/mol. The van der Waals surface area contributed by atoms with E-state index in [0.717, 1.165) is 15.9 Å². The van der Waals surface area contributed by atoms with E-state index in [1.807, 2.05) is 0 Å². The van der Waals surface area contributed by atoms with Crippen LogP contribution in [0.5, 0.6) is 0 Å². The average Bonchev–Trinajstić information content (AvgIpc) is 2.93. The maximum absolute atomic E-state index is 12.9. The normalized spacial score (nSPS) is 12.6. The van der Waals surface area contributed by atoms with Crippen molar-refractivity contribution in [1.82, 2.24) is 14.6 Å². The van der Waals surface area contributed by atoms with E-state index in [9.17, 15) is 27.6 Å².